The van der Waals surface area contributed by atoms with E-state index in [9.17, 15) is 9.59 Å². The minimum atomic E-state index is -0.851. The molecular weight excluding hydrogens is 330 g/mol. The van der Waals surface area contributed by atoms with Crippen LogP contribution in [0.3, 0.4) is 0 Å². The van der Waals surface area contributed by atoms with Gasteiger partial charge in [-0.1, -0.05) is 36.4 Å². The van der Waals surface area contributed by atoms with Crippen LogP contribution in [0.2, 0.25) is 0 Å². The molecule has 0 N–H and O–H groups in total. The Kier molecular flexibility index (Phi) is 5.37. The highest BCUT2D eigenvalue weighted by Crippen LogP contribution is 2.28. The number of methoxy groups -OCH3 is 1. The quantitative estimate of drug-likeness (QED) is 0.613. The number of hydrogen-bond donors (Lipinski definition) is 0. The van der Waals surface area contributed by atoms with Gasteiger partial charge in [-0.2, -0.15) is 0 Å². The summed E-state index contributed by atoms with van der Waals surface area (Å²) in [4.78, 5) is 26.4. The van der Waals surface area contributed by atoms with Crippen molar-refractivity contribution in [1.29, 1.82) is 0 Å². The predicted octanol–water partition coefficient (Wildman–Crippen LogP) is 3.23. The summed E-state index contributed by atoms with van der Waals surface area (Å²) in [6, 6.07) is 15.1. The van der Waals surface area contributed by atoms with Gasteiger partial charge in [-0.25, -0.2) is 4.79 Å². The zero-order valence-corrected chi connectivity index (χ0v) is 14.8. The molecule has 0 spiro atoms. The third-order valence-electron chi connectivity index (χ3n) is 4.33. The van der Waals surface area contributed by atoms with Gasteiger partial charge < -0.3 is 14.4 Å². The number of para-hydroxylation sites is 2. The number of esters is 1. The SMILES string of the molecule is COc1ccccc1/C=C/C(=O)OC(C)C(=O)N1CCc2ccccc21. The summed E-state index contributed by atoms with van der Waals surface area (Å²) >= 11 is 0. The van der Waals surface area contributed by atoms with Crippen molar-refractivity contribution in [2.45, 2.75) is 19.4 Å². The summed E-state index contributed by atoms with van der Waals surface area (Å²) in [5.41, 5.74) is 2.79. The molecule has 1 aliphatic heterocycles. The molecule has 0 aromatic heterocycles. The molecule has 26 heavy (non-hydrogen) atoms. The van der Waals surface area contributed by atoms with Gasteiger partial charge in [-0.15, -0.1) is 0 Å². The minimum absolute atomic E-state index is 0.214. The van der Waals surface area contributed by atoms with E-state index in [1.165, 1.54) is 6.08 Å². The topological polar surface area (TPSA) is 55.8 Å². The molecule has 1 unspecified atom stereocenters. The molecule has 1 aliphatic rings. The number of carbonyl (C=O) groups is 2. The minimum Gasteiger partial charge on any atom is -0.496 e. The molecule has 2 aromatic rings. The van der Waals surface area contributed by atoms with Gasteiger partial charge in [0.2, 0.25) is 0 Å². The first-order chi connectivity index (χ1) is 12.6. The van der Waals surface area contributed by atoms with Gasteiger partial charge in [0.1, 0.15) is 5.75 Å². The van der Waals surface area contributed by atoms with Crippen molar-refractivity contribution in [1.82, 2.24) is 0 Å². The summed E-state index contributed by atoms with van der Waals surface area (Å²) in [5, 5.41) is 0. The highest BCUT2D eigenvalue weighted by molar-refractivity contribution is 6.00. The molecule has 0 aliphatic carbocycles. The first kappa shape index (κ1) is 17.7. The van der Waals surface area contributed by atoms with Crippen LogP contribution >= 0.6 is 0 Å². The lowest BCUT2D eigenvalue weighted by atomic mass is 10.2. The zero-order valence-electron chi connectivity index (χ0n) is 14.8. The second kappa shape index (κ2) is 7.87. The molecule has 0 saturated heterocycles. The van der Waals surface area contributed by atoms with Crippen LogP contribution in [0.4, 0.5) is 5.69 Å². The number of rotatable bonds is 5. The largest absolute Gasteiger partial charge is 0.496 e. The number of fused-ring (bicyclic) bond motifs is 1. The number of ether oxygens (including phenoxy) is 2. The fourth-order valence-electron chi connectivity index (χ4n) is 3.01. The smallest absolute Gasteiger partial charge is 0.331 e. The number of carbonyl (C=O) groups excluding carboxylic acids is 2. The molecule has 1 amide bonds. The van der Waals surface area contributed by atoms with Crippen LogP contribution in [0.15, 0.2) is 54.6 Å². The zero-order chi connectivity index (χ0) is 18.5. The monoisotopic (exact) mass is 351 g/mol. The number of hydrogen-bond acceptors (Lipinski definition) is 4. The molecule has 0 radical (unpaired) electrons. The number of benzene rings is 2. The number of amides is 1. The standard InChI is InChI=1S/C21H21NO4/c1-15(21(24)22-14-13-16-7-3-5-9-18(16)22)26-20(23)12-11-17-8-4-6-10-19(17)25-2/h3-12,15H,13-14H2,1-2H3/b12-11+. The van der Waals surface area contributed by atoms with Crippen molar-refractivity contribution in [2.75, 3.05) is 18.6 Å². The van der Waals surface area contributed by atoms with Gasteiger partial charge >= 0.3 is 5.97 Å². The van der Waals surface area contributed by atoms with Crippen molar-refractivity contribution >= 4 is 23.6 Å². The Bertz CT molecular complexity index is 843. The third-order valence-corrected chi connectivity index (χ3v) is 4.33. The van der Waals surface area contributed by atoms with Gasteiger partial charge in [0, 0.05) is 23.9 Å². The highest BCUT2D eigenvalue weighted by atomic mass is 16.5. The molecule has 0 saturated carbocycles. The van der Waals surface area contributed by atoms with E-state index in [0.717, 1.165) is 23.2 Å². The Morgan fingerprint density at radius 2 is 1.85 bits per heavy atom. The van der Waals surface area contributed by atoms with Crippen LogP contribution in [0.5, 0.6) is 5.75 Å². The number of anilines is 1. The van der Waals surface area contributed by atoms with Crippen molar-refractivity contribution in [3.8, 4) is 5.75 Å². The highest BCUT2D eigenvalue weighted by Gasteiger charge is 2.29. The maximum Gasteiger partial charge on any atom is 0.331 e. The molecule has 1 heterocycles. The van der Waals surface area contributed by atoms with E-state index in [1.807, 2.05) is 48.5 Å². The normalized spacial score (nSPS) is 14.2. The Balaban J connectivity index is 1.63. The van der Waals surface area contributed by atoms with Crippen LogP contribution < -0.4 is 9.64 Å². The molecule has 0 fully saturated rings. The average Bonchev–Trinajstić information content (AvgIpc) is 3.10. The van der Waals surface area contributed by atoms with E-state index in [1.54, 1.807) is 25.0 Å². The summed E-state index contributed by atoms with van der Waals surface area (Å²) in [6.45, 7) is 2.20. The molecule has 1 atom stereocenters. The van der Waals surface area contributed by atoms with Crippen molar-refractivity contribution < 1.29 is 19.1 Å². The lowest BCUT2D eigenvalue weighted by Crippen LogP contribution is -2.38. The second-order valence-corrected chi connectivity index (χ2v) is 6.02. The molecule has 134 valence electrons. The maximum absolute atomic E-state index is 12.6. The Hall–Kier alpha value is -3.08. The predicted molar refractivity (Wildman–Crippen MR) is 100 cm³/mol. The van der Waals surface area contributed by atoms with Gasteiger partial charge in [-0.05, 0) is 37.1 Å². The van der Waals surface area contributed by atoms with E-state index in [4.69, 9.17) is 9.47 Å². The lowest BCUT2D eigenvalue weighted by molar-refractivity contribution is -0.149. The van der Waals surface area contributed by atoms with Crippen LogP contribution in [0.1, 0.15) is 18.1 Å². The van der Waals surface area contributed by atoms with Crippen molar-refractivity contribution in [2.24, 2.45) is 0 Å². The summed E-state index contributed by atoms with van der Waals surface area (Å²) in [7, 11) is 1.57. The van der Waals surface area contributed by atoms with Crippen LogP contribution in [-0.4, -0.2) is 31.6 Å². The third kappa shape index (κ3) is 3.77. The fraction of sp³-hybridized carbons (Fsp3) is 0.238. The van der Waals surface area contributed by atoms with Crippen molar-refractivity contribution in [3.05, 3.63) is 65.7 Å². The van der Waals surface area contributed by atoms with Crippen LogP contribution in [0, 0.1) is 0 Å². The van der Waals surface area contributed by atoms with E-state index >= 15 is 0 Å². The first-order valence-corrected chi connectivity index (χ1v) is 8.51. The summed E-state index contributed by atoms with van der Waals surface area (Å²) in [5.74, 6) is -0.118. The maximum atomic E-state index is 12.6. The average molecular weight is 351 g/mol. The molecule has 5 nitrogen and oxygen atoms in total. The fourth-order valence-corrected chi connectivity index (χ4v) is 3.01. The lowest BCUT2D eigenvalue weighted by Gasteiger charge is -2.21. The first-order valence-electron chi connectivity index (χ1n) is 8.51. The Labute approximate surface area is 152 Å². The van der Waals surface area contributed by atoms with Crippen LogP contribution in [0.25, 0.3) is 6.08 Å². The second-order valence-electron chi connectivity index (χ2n) is 6.02. The molecule has 5 heteroatoms. The number of nitrogens with zero attached hydrogens (tertiary/aromatic N) is 1. The van der Waals surface area contributed by atoms with Gasteiger partial charge in [0.15, 0.2) is 6.10 Å². The van der Waals surface area contributed by atoms with Crippen LogP contribution in [-0.2, 0) is 20.7 Å². The Morgan fingerprint density at radius 3 is 2.65 bits per heavy atom. The van der Waals surface area contributed by atoms with E-state index < -0.39 is 12.1 Å². The molecule has 3 rings (SSSR count). The molecular formula is C21H21NO4. The molecule has 0 bridgehead atoms. The van der Waals surface area contributed by atoms with Crippen molar-refractivity contribution in [3.63, 3.8) is 0 Å². The van der Waals surface area contributed by atoms with Gasteiger partial charge in [-0.3, -0.25) is 4.79 Å². The molecule has 2 aromatic carbocycles. The van der Waals surface area contributed by atoms with E-state index in [2.05, 4.69) is 0 Å². The van der Waals surface area contributed by atoms with E-state index in [-0.39, 0.29) is 5.91 Å². The van der Waals surface area contributed by atoms with Gasteiger partial charge in [0.25, 0.3) is 5.91 Å². The summed E-state index contributed by atoms with van der Waals surface area (Å²) in [6.07, 6.45) is 2.88. The summed E-state index contributed by atoms with van der Waals surface area (Å²) < 4.78 is 10.5. The Morgan fingerprint density at radius 1 is 1.12 bits per heavy atom. The van der Waals surface area contributed by atoms with Gasteiger partial charge in [0.05, 0.1) is 7.11 Å². The van der Waals surface area contributed by atoms with E-state index in [0.29, 0.717) is 12.3 Å².